The van der Waals surface area contributed by atoms with E-state index in [1.807, 2.05) is 0 Å². The smallest absolute Gasteiger partial charge is 0.279 e. The molecule has 2 rings (SSSR count). The van der Waals surface area contributed by atoms with Crippen molar-refractivity contribution in [1.82, 2.24) is 5.16 Å². The summed E-state index contributed by atoms with van der Waals surface area (Å²) in [5, 5.41) is 41.6. The van der Waals surface area contributed by atoms with Gasteiger partial charge in [0, 0.05) is 5.16 Å². The maximum Gasteiger partial charge on any atom is 0.279 e. The Morgan fingerprint density at radius 1 is 1.21 bits per heavy atom. The molecule has 2 aromatic rings. The third-order valence-corrected chi connectivity index (χ3v) is 1.80. The molecule has 1 aromatic carbocycles. The van der Waals surface area contributed by atoms with Crippen molar-refractivity contribution in [2.24, 2.45) is 0 Å². The van der Waals surface area contributed by atoms with E-state index in [-0.39, 0.29) is 16.1 Å². The number of hydrogen-bond donors (Lipinski definition) is 4. The van der Waals surface area contributed by atoms with Gasteiger partial charge in [-0.25, -0.2) is 0 Å². The largest absolute Gasteiger partial charge is 0.503 e. The highest BCUT2D eigenvalue weighted by Crippen LogP contribution is 2.44. The van der Waals surface area contributed by atoms with E-state index in [2.05, 4.69) is 9.79 Å². The molecule has 1 heterocycles. The Kier molecular flexibility index (Phi) is 1.36. The normalized spacial score (nSPS) is 10.9. The van der Waals surface area contributed by atoms with Crippen LogP contribution in [-0.4, -0.2) is 20.5 Å². The van der Waals surface area contributed by atoms with E-state index >= 15 is 0 Å². The summed E-state index contributed by atoms with van der Waals surface area (Å²) in [5.74, 6) is -2.46. The van der Waals surface area contributed by atoms with E-state index in [1.54, 1.807) is 0 Å². The van der Waals surface area contributed by atoms with Crippen molar-refractivity contribution in [2.45, 2.75) is 0 Å². The van der Waals surface area contributed by atoms with Gasteiger partial charge in [-0.05, 0) is 4.90 Å². The number of nitrogens with two attached hydrogens (primary N) is 1. The number of phenolic OH excluding ortho intramolecular Hbond substituents is 3. The fraction of sp³-hybridized carbons (Fsp3) is 0. The van der Waals surface area contributed by atoms with Gasteiger partial charge >= 0.3 is 0 Å². The first-order valence-corrected chi connectivity index (χ1v) is 3.45. The fourth-order valence-electron chi connectivity index (χ4n) is 1.09. The molecule has 0 radical (unpaired) electrons. The average molecular weight is 199 g/mol. The van der Waals surface area contributed by atoms with Gasteiger partial charge in [0.15, 0.2) is 5.75 Å². The zero-order valence-corrected chi connectivity index (χ0v) is 6.63. The van der Waals surface area contributed by atoms with Crippen molar-refractivity contribution in [1.29, 1.82) is 0 Å². The third kappa shape index (κ3) is 0.762. The molecular formula is C6H5N3O5. The molecule has 8 nitrogen and oxygen atoms in total. The molecule has 0 fully saturated rings. The second kappa shape index (κ2) is 2.31. The summed E-state index contributed by atoms with van der Waals surface area (Å²) < 4.78 is 4.14. The molecule has 0 atom stereocenters. The van der Waals surface area contributed by atoms with Crippen molar-refractivity contribution < 1.29 is 24.9 Å². The first kappa shape index (κ1) is 8.23. The second-order valence-corrected chi connectivity index (χ2v) is 2.59. The topological polar surface area (TPSA) is 140 Å². The molecule has 8 heteroatoms. The molecular weight excluding hydrogens is 194 g/mol. The second-order valence-electron chi connectivity index (χ2n) is 2.59. The number of nitrogens with zero attached hydrogens (tertiary/aromatic N) is 2. The number of aromatic nitrogens is 2. The molecule has 74 valence electrons. The summed E-state index contributed by atoms with van der Waals surface area (Å²) in [6.45, 7) is 0. The molecule has 0 aliphatic rings. The van der Waals surface area contributed by atoms with Crippen LogP contribution in [0.25, 0.3) is 11.0 Å². The van der Waals surface area contributed by atoms with Gasteiger partial charge in [0.2, 0.25) is 11.5 Å². The van der Waals surface area contributed by atoms with Crippen molar-refractivity contribution in [3.05, 3.63) is 5.21 Å². The minimum absolute atomic E-state index is 0.125. The van der Waals surface area contributed by atoms with Crippen molar-refractivity contribution in [2.75, 3.05) is 5.73 Å². The highest BCUT2D eigenvalue weighted by Gasteiger charge is 2.26. The van der Waals surface area contributed by atoms with Gasteiger partial charge in [-0.15, -0.1) is 0 Å². The van der Waals surface area contributed by atoms with Crippen LogP contribution < -0.4 is 10.6 Å². The number of rotatable bonds is 0. The molecule has 0 saturated heterocycles. The van der Waals surface area contributed by atoms with E-state index in [1.165, 1.54) is 0 Å². The van der Waals surface area contributed by atoms with Crippen molar-refractivity contribution in [3.8, 4) is 17.2 Å². The molecule has 5 N–H and O–H groups in total. The first-order chi connectivity index (χ1) is 6.54. The van der Waals surface area contributed by atoms with E-state index in [0.717, 1.165) is 0 Å². The number of fused-ring (bicyclic) bond motifs is 1. The SMILES string of the molecule is Nc1c(O)c(O)c(O)c2c1no[n+]2[O-]. The summed E-state index contributed by atoms with van der Waals surface area (Å²) in [7, 11) is 0. The summed E-state index contributed by atoms with van der Waals surface area (Å²) in [6, 6.07) is 0. The number of aromatic hydroxyl groups is 3. The zero-order chi connectivity index (χ0) is 10.5. The van der Waals surface area contributed by atoms with Gasteiger partial charge in [-0.1, -0.05) is 0 Å². The van der Waals surface area contributed by atoms with Crippen LogP contribution >= 0.6 is 0 Å². The lowest BCUT2D eigenvalue weighted by atomic mass is 10.2. The minimum Gasteiger partial charge on any atom is -0.503 e. The van der Waals surface area contributed by atoms with E-state index in [9.17, 15) is 10.3 Å². The number of phenols is 3. The lowest BCUT2D eigenvalue weighted by molar-refractivity contribution is -0.782. The molecule has 0 spiro atoms. The van der Waals surface area contributed by atoms with Gasteiger partial charge < -0.3 is 26.3 Å². The highest BCUT2D eigenvalue weighted by molar-refractivity contribution is 5.95. The van der Waals surface area contributed by atoms with Gasteiger partial charge in [0.25, 0.3) is 11.0 Å². The molecule has 0 unspecified atom stereocenters. The highest BCUT2D eigenvalue weighted by atomic mass is 16.8. The van der Waals surface area contributed by atoms with Crippen LogP contribution in [0.5, 0.6) is 17.2 Å². The zero-order valence-electron chi connectivity index (χ0n) is 6.63. The Labute approximate surface area is 75.9 Å². The van der Waals surface area contributed by atoms with Crippen molar-refractivity contribution in [3.63, 3.8) is 0 Å². The van der Waals surface area contributed by atoms with Gasteiger partial charge in [-0.3, -0.25) is 4.63 Å². The maximum absolute atomic E-state index is 10.9. The minimum atomic E-state index is -0.886. The average Bonchev–Trinajstić information content (AvgIpc) is 2.54. The maximum atomic E-state index is 10.9. The monoisotopic (exact) mass is 199 g/mol. The van der Waals surface area contributed by atoms with Crippen LogP contribution in [0.2, 0.25) is 0 Å². The van der Waals surface area contributed by atoms with E-state index < -0.39 is 22.8 Å². The fourth-order valence-corrected chi connectivity index (χ4v) is 1.09. The van der Waals surface area contributed by atoms with Crippen LogP contribution in [-0.2, 0) is 0 Å². The predicted octanol–water partition coefficient (Wildman–Crippen LogP) is -0.840. The molecule has 0 aliphatic heterocycles. The van der Waals surface area contributed by atoms with Crippen LogP contribution in [0.15, 0.2) is 4.63 Å². The summed E-state index contributed by atoms with van der Waals surface area (Å²) in [5.41, 5.74) is 4.32. The first-order valence-electron chi connectivity index (χ1n) is 3.45. The molecule has 14 heavy (non-hydrogen) atoms. The molecule has 0 bridgehead atoms. The Morgan fingerprint density at radius 3 is 2.50 bits per heavy atom. The molecule has 1 aromatic heterocycles. The molecule has 0 amide bonds. The van der Waals surface area contributed by atoms with Crippen LogP contribution in [0.3, 0.4) is 0 Å². The quantitative estimate of drug-likeness (QED) is 0.187. The summed E-state index contributed by atoms with van der Waals surface area (Å²) in [4.78, 5) is -0.125. The molecule has 0 saturated carbocycles. The van der Waals surface area contributed by atoms with E-state index in [0.29, 0.717) is 0 Å². The number of hydrogen-bond acceptors (Lipinski definition) is 7. The summed E-state index contributed by atoms with van der Waals surface area (Å²) in [6.07, 6.45) is 0. The third-order valence-electron chi connectivity index (χ3n) is 1.80. The Balaban J connectivity index is 3.05. The molecule has 0 aliphatic carbocycles. The van der Waals surface area contributed by atoms with Gasteiger partial charge in [-0.2, -0.15) is 0 Å². The number of anilines is 1. The standard InChI is InChI=1S/C6H5N3O5/c7-1-2-3(9(13)14-8-2)5(11)6(12)4(1)10/h10-12H,7H2. The summed E-state index contributed by atoms with van der Waals surface area (Å²) >= 11 is 0. The Morgan fingerprint density at radius 2 is 1.86 bits per heavy atom. The Hall–Kier alpha value is -2.38. The van der Waals surface area contributed by atoms with Crippen LogP contribution in [0, 0.1) is 5.21 Å². The lowest BCUT2D eigenvalue weighted by Crippen LogP contribution is -2.22. The number of benzene rings is 1. The van der Waals surface area contributed by atoms with Crippen molar-refractivity contribution >= 4 is 16.7 Å². The van der Waals surface area contributed by atoms with Crippen LogP contribution in [0.4, 0.5) is 5.69 Å². The van der Waals surface area contributed by atoms with Gasteiger partial charge in [0.05, 0.1) is 0 Å². The van der Waals surface area contributed by atoms with Crippen LogP contribution in [0.1, 0.15) is 0 Å². The number of nitrogen functional groups attached to an aromatic ring is 1. The van der Waals surface area contributed by atoms with Gasteiger partial charge in [0.1, 0.15) is 5.69 Å². The predicted molar refractivity (Wildman–Crippen MR) is 42.4 cm³/mol. The lowest BCUT2D eigenvalue weighted by Gasteiger charge is -2.01. The van der Waals surface area contributed by atoms with E-state index in [4.69, 9.17) is 15.9 Å². The Bertz CT molecular complexity index is 520.